The Hall–Kier alpha value is -1.59. The van der Waals surface area contributed by atoms with Crippen molar-refractivity contribution in [2.75, 3.05) is 0 Å². The first kappa shape index (κ1) is 43.4. The molecule has 0 aromatic rings. The van der Waals surface area contributed by atoms with E-state index in [0.717, 1.165) is 51.4 Å². The highest BCUT2D eigenvalue weighted by Gasteiger charge is 2.22. The minimum Gasteiger partial charge on any atom is -0.480 e. The van der Waals surface area contributed by atoms with Crippen LogP contribution in [0.1, 0.15) is 220 Å². The van der Waals surface area contributed by atoms with Crippen LogP contribution in [0, 0.1) is 0 Å². The van der Waals surface area contributed by atoms with Gasteiger partial charge in [-0.1, -0.05) is 168 Å². The molecule has 6 nitrogen and oxygen atoms in total. The number of hydrogen-bond donors (Lipinski definition) is 2. The van der Waals surface area contributed by atoms with Gasteiger partial charge in [0.1, 0.15) is 12.1 Å². The summed E-state index contributed by atoms with van der Waals surface area (Å²) < 4.78 is 5.88. The van der Waals surface area contributed by atoms with E-state index in [1.165, 1.54) is 128 Å². The molecule has 0 aromatic carbocycles. The van der Waals surface area contributed by atoms with Gasteiger partial charge in [0.15, 0.2) is 0 Å². The largest absolute Gasteiger partial charge is 0.480 e. The Morgan fingerprint density at radius 3 is 1.22 bits per heavy atom. The Morgan fingerprint density at radius 2 is 0.844 bits per heavy atom. The summed E-state index contributed by atoms with van der Waals surface area (Å²) in [7, 11) is 0. The average Bonchev–Trinajstić information content (AvgIpc) is 3.02. The summed E-state index contributed by atoms with van der Waals surface area (Å²) >= 11 is 0. The topological polar surface area (TPSA) is 92.7 Å². The molecule has 0 saturated carbocycles. The number of ether oxygens (including phenoxy) is 1. The zero-order chi connectivity index (χ0) is 33.2. The number of amides is 1. The maximum Gasteiger partial charge on any atom is 0.326 e. The molecule has 0 rings (SSSR count). The molecule has 0 saturated heterocycles. The molecule has 266 valence electrons. The Kier molecular flexibility index (Phi) is 32.6. The molecule has 0 bridgehead atoms. The van der Waals surface area contributed by atoms with Gasteiger partial charge in [-0.2, -0.15) is 0 Å². The molecule has 0 heterocycles. The van der Waals surface area contributed by atoms with Crippen molar-refractivity contribution in [3.63, 3.8) is 0 Å². The molecular formula is C39H75NO5. The van der Waals surface area contributed by atoms with Gasteiger partial charge in [0.05, 0.1) is 0 Å². The number of unbranched alkanes of at least 4 members (excludes halogenated alkanes) is 23. The number of rotatable bonds is 35. The van der Waals surface area contributed by atoms with Crippen LogP contribution in [-0.2, 0) is 19.1 Å². The number of hydrogen-bond acceptors (Lipinski definition) is 4. The lowest BCUT2D eigenvalue weighted by atomic mass is 10.0. The van der Waals surface area contributed by atoms with E-state index in [1.54, 1.807) is 0 Å². The van der Waals surface area contributed by atoms with Crippen LogP contribution in [0.4, 0.5) is 0 Å². The molecule has 0 fully saturated rings. The van der Waals surface area contributed by atoms with E-state index in [2.05, 4.69) is 26.1 Å². The molecular weight excluding hydrogens is 562 g/mol. The fourth-order valence-corrected chi connectivity index (χ4v) is 6.08. The van der Waals surface area contributed by atoms with Crippen LogP contribution in [-0.4, -0.2) is 35.1 Å². The van der Waals surface area contributed by atoms with Crippen molar-refractivity contribution in [1.82, 2.24) is 5.32 Å². The molecule has 2 N–H and O–H groups in total. The summed E-state index contributed by atoms with van der Waals surface area (Å²) in [6.07, 6.45) is 34.0. The minimum atomic E-state index is -1.09. The number of aliphatic carboxylic acids is 1. The number of nitrogens with one attached hydrogen (secondary N) is 1. The van der Waals surface area contributed by atoms with Crippen LogP contribution in [0.15, 0.2) is 0 Å². The molecule has 0 radical (unpaired) electrons. The second-order valence-corrected chi connectivity index (χ2v) is 13.6. The first-order valence-electron chi connectivity index (χ1n) is 19.7. The number of carbonyl (C=O) groups is 3. The maximum absolute atomic E-state index is 12.8. The molecule has 45 heavy (non-hydrogen) atoms. The quantitative estimate of drug-likeness (QED) is 0.0533. The standard InChI is InChI=1S/C39H75NO5/c1-4-7-10-13-16-18-19-21-23-26-29-32-37(41)40-36(39(43)44)33-34-38(42)45-35(30-27-24-15-12-9-6-3)31-28-25-22-20-17-14-11-8-5-2/h35-36H,4-34H2,1-3H3,(H,40,41)(H,43,44)/t35?,36-/m0/s1. The van der Waals surface area contributed by atoms with E-state index in [9.17, 15) is 19.5 Å². The van der Waals surface area contributed by atoms with Crippen molar-refractivity contribution in [3.8, 4) is 0 Å². The fraction of sp³-hybridized carbons (Fsp3) is 0.923. The number of carbonyl (C=O) groups excluding carboxylic acids is 2. The average molecular weight is 638 g/mol. The number of carboxylic acids is 1. The Bertz CT molecular complexity index is 682. The molecule has 1 amide bonds. The van der Waals surface area contributed by atoms with Gasteiger partial charge in [0, 0.05) is 12.8 Å². The summed E-state index contributed by atoms with van der Waals surface area (Å²) in [5.74, 6) is -1.67. The second-order valence-electron chi connectivity index (χ2n) is 13.6. The lowest BCUT2D eigenvalue weighted by Gasteiger charge is -2.19. The van der Waals surface area contributed by atoms with E-state index in [4.69, 9.17) is 4.74 Å². The van der Waals surface area contributed by atoms with E-state index in [1.807, 2.05) is 0 Å². The van der Waals surface area contributed by atoms with Crippen LogP contribution in [0.2, 0.25) is 0 Å². The third-order valence-corrected chi connectivity index (χ3v) is 9.09. The minimum absolute atomic E-state index is 0.0143. The smallest absolute Gasteiger partial charge is 0.326 e. The van der Waals surface area contributed by atoms with Gasteiger partial charge in [-0.05, 0) is 38.5 Å². The first-order chi connectivity index (χ1) is 21.9. The highest BCUT2D eigenvalue weighted by Crippen LogP contribution is 2.19. The van der Waals surface area contributed by atoms with Gasteiger partial charge in [0.2, 0.25) is 5.91 Å². The molecule has 0 aliphatic rings. The van der Waals surface area contributed by atoms with Crippen molar-refractivity contribution in [1.29, 1.82) is 0 Å². The first-order valence-corrected chi connectivity index (χ1v) is 19.7. The third kappa shape index (κ3) is 30.8. The second kappa shape index (κ2) is 33.8. The Labute approximate surface area is 279 Å². The normalized spacial score (nSPS) is 12.6. The van der Waals surface area contributed by atoms with Crippen LogP contribution < -0.4 is 5.32 Å². The summed E-state index contributed by atoms with van der Waals surface area (Å²) in [5.41, 5.74) is 0. The van der Waals surface area contributed by atoms with Crippen molar-refractivity contribution >= 4 is 17.8 Å². The zero-order valence-corrected chi connectivity index (χ0v) is 30.2. The Morgan fingerprint density at radius 1 is 0.489 bits per heavy atom. The van der Waals surface area contributed by atoms with E-state index in [0.29, 0.717) is 6.42 Å². The van der Waals surface area contributed by atoms with Gasteiger partial charge >= 0.3 is 11.9 Å². The zero-order valence-electron chi connectivity index (χ0n) is 30.2. The molecule has 0 aliphatic carbocycles. The van der Waals surface area contributed by atoms with E-state index >= 15 is 0 Å². The van der Waals surface area contributed by atoms with Crippen molar-refractivity contribution in [2.24, 2.45) is 0 Å². The highest BCUT2D eigenvalue weighted by molar-refractivity contribution is 5.84. The lowest BCUT2D eigenvalue weighted by Crippen LogP contribution is -2.41. The molecule has 0 spiro atoms. The van der Waals surface area contributed by atoms with Gasteiger partial charge in [-0.3, -0.25) is 9.59 Å². The monoisotopic (exact) mass is 638 g/mol. The summed E-state index contributed by atoms with van der Waals surface area (Å²) in [6, 6.07) is -1.05. The SMILES string of the molecule is CCCCCCCCCCCCCC(=O)N[C@@H](CCC(=O)OC(CCCCCCCC)CCCCCCCCCCC)C(=O)O. The van der Waals surface area contributed by atoms with Crippen LogP contribution in [0.25, 0.3) is 0 Å². The third-order valence-electron chi connectivity index (χ3n) is 9.09. The molecule has 1 unspecified atom stereocenters. The molecule has 6 heteroatoms. The van der Waals surface area contributed by atoms with Crippen LogP contribution >= 0.6 is 0 Å². The number of carboxylic acid groups (broad SMARTS) is 1. The molecule has 0 aliphatic heterocycles. The van der Waals surface area contributed by atoms with Crippen molar-refractivity contribution in [2.45, 2.75) is 232 Å². The van der Waals surface area contributed by atoms with Gasteiger partial charge in [-0.25, -0.2) is 4.79 Å². The van der Waals surface area contributed by atoms with E-state index < -0.39 is 12.0 Å². The lowest BCUT2D eigenvalue weighted by molar-refractivity contribution is -0.150. The fourth-order valence-electron chi connectivity index (χ4n) is 6.08. The number of esters is 1. The summed E-state index contributed by atoms with van der Waals surface area (Å²) in [4.78, 5) is 37.0. The summed E-state index contributed by atoms with van der Waals surface area (Å²) in [6.45, 7) is 6.71. The molecule has 0 aromatic heterocycles. The van der Waals surface area contributed by atoms with Crippen molar-refractivity contribution in [3.05, 3.63) is 0 Å². The van der Waals surface area contributed by atoms with Crippen molar-refractivity contribution < 1.29 is 24.2 Å². The molecule has 2 atom stereocenters. The highest BCUT2D eigenvalue weighted by atomic mass is 16.5. The summed E-state index contributed by atoms with van der Waals surface area (Å²) in [5, 5.41) is 12.3. The van der Waals surface area contributed by atoms with Gasteiger partial charge < -0.3 is 15.2 Å². The predicted molar refractivity (Wildman–Crippen MR) is 190 cm³/mol. The van der Waals surface area contributed by atoms with Gasteiger partial charge in [0.25, 0.3) is 0 Å². The van der Waals surface area contributed by atoms with E-state index in [-0.39, 0.29) is 30.8 Å². The van der Waals surface area contributed by atoms with Crippen LogP contribution in [0.3, 0.4) is 0 Å². The predicted octanol–water partition coefficient (Wildman–Crippen LogP) is 11.6. The van der Waals surface area contributed by atoms with Crippen LogP contribution in [0.5, 0.6) is 0 Å². The van der Waals surface area contributed by atoms with Gasteiger partial charge in [-0.15, -0.1) is 0 Å². The Balaban J connectivity index is 4.36. The maximum atomic E-state index is 12.8.